The largest absolute Gasteiger partial charge is 0.340 e. The van der Waals surface area contributed by atoms with Crippen LogP contribution in [0.4, 0.5) is 26.3 Å². The summed E-state index contributed by atoms with van der Waals surface area (Å²) in [5.41, 5.74) is -2.70. The molecule has 0 unspecified atom stereocenters. The summed E-state index contributed by atoms with van der Waals surface area (Å²) in [6, 6.07) is 2.25. The molecule has 0 aliphatic heterocycles. The second-order valence-corrected chi connectivity index (χ2v) is 7.37. The molecule has 2 aliphatic rings. The standard InChI is InChI=1S/C20H20F6/c1-11-3-6-13(7-4-11)14-8-9-15(18(22)17(14)21)16-10-5-12(2)19(23,24)20(16,25)26/h5,8-11,13H,3-4,6-7H2,1-2H3. The van der Waals surface area contributed by atoms with Gasteiger partial charge >= 0.3 is 11.8 Å². The molecule has 1 saturated carbocycles. The van der Waals surface area contributed by atoms with Gasteiger partial charge in [0.25, 0.3) is 0 Å². The van der Waals surface area contributed by atoms with Crippen molar-refractivity contribution < 1.29 is 26.3 Å². The van der Waals surface area contributed by atoms with Crippen LogP contribution in [0.25, 0.3) is 5.57 Å². The predicted molar refractivity (Wildman–Crippen MR) is 88.4 cm³/mol. The lowest BCUT2D eigenvalue weighted by Crippen LogP contribution is -2.44. The second-order valence-electron chi connectivity index (χ2n) is 7.37. The molecule has 0 amide bonds. The van der Waals surface area contributed by atoms with Crippen molar-refractivity contribution in [2.75, 3.05) is 0 Å². The Bertz CT molecular complexity index is 767. The van der Waals surface area contributed by atoms with Gasteiger partial charge in [-0.2, -0.15) is 17.6 Å². The molecule has 0 radical (unpaired) electrons. The summed E-state index contributed by atoms with van der Waals surface area (Å²) < 4.78 is 85.4. The highest BCUT2D eigenvalue weighted by molar-refractivity contribution is 5.76. The van der Waals surface area contributed by atoms with Gasteiger partial charge in [0.05, 0.1) is 0 Å². The summed E-state index contributed by atoms with van der Waals surface area (Å²) in [5, 5.41) is 0. The molecule has 3 rings (SSSR count). The molecule has 0 nitrogen and oxygen atoms in total. The van der Waals surface area contributed by atoms with Gasteiger partial charge in [0.15, 0.2) is 11.6 Å². The van der Waals surface area contributed by atoms with E-state index < -0.39 is 40.2 Å². The molecule has 0 aromatic heterocycles. The molecule has 0 N–H and O–H groups in total. The van der Waals surface area contributed by atoms with E-state index in [0.717, 1.165) is 38.0 Å². The lowest BCUT2D eigenvalue weighted by molar-refractivity contribution is -0.148. The summed E-state index contributed by atoms with van der Waals surface area (Å²) in [7, 11) is 0. The van der Waals surface area contributed by atoms with Crippen LogP contribution in [0.5, 0.6) is 0 Å². The third-order valence-corrected chi connectivity index (χ3v) is 5.59. The van der Waals surface area contributed by atoms with Crippen LogP contribution in [0.1, 0.15) is 56.6 Å². The van der Waals surface area contributed by atoms with Crippen LogP contribution in [-0.4, -0.2) is 11.8 Å². The molecule has 6 heteroatoms. The van der Waals surface area contributed by atoms with Crippen molar-refractivity contribution in [3.8, 4) is 0 Å². The maximum atomic E-state index is 14.6. The Kier molecular flexibility index (Phi) is 4.74. The molecule has 0 bridgehead atoms. The highest BCUT2D eigenvalue weighted by atomic mass is 19.3. The van der Waals surface area contributed by atoms with Gasteiger partial charge in [0, 0.05) is 16.7 Å². The van der Waals surface area contributed by atoms with Crippen molar-refractivity contribution in [3.63, 3.8) is 0 Å². The molecule has 0 saturated heterocycles. The summed E-state index contributed by atoms with van der Waals surface area (Å²) in [6.07, 6.45) is 4.71. The van der Waals surface area contributed by atoms with E-state index in [1.165, 1.54) is 6.07 Å². The van der Waals surface area contributed by atoms with Crippen LogP contribution in [0.3, 0.4) is 0 Å². The highest BCUT2D eigenvalue weighted by Crippen LogP contribution is 2.51. The minimum absolute atomic E-state index is 0.136. The zero-order valence-corrected chi connectivity index (χ0v) is 14.6. The van der Waals surface area contributed by atoms with Crippen LogP contribution >= 0.6 is 0 Å². The van der Waals surface area contributed by atoms with E-state index in [0.29, 0.717) is 18.8 Å². The average molecular weight is 374 g/mol. The summed E-state index contributed by atoms with van der Waals surface area (Å²) in [5.74, 6) is -11.4. The van der Waals surface area contributed by atoms with E-state index in [1.54, 1.807) is 0 Å². The topological polar surface area (TPSA) is 0 Å². The first-order valence-corrected chi connectivity index (χ1v) is 8.70. The van der Waals surface area contributed by atoms with Gasteiger partial charge in [-0.15, -0.1) is 0 Å². The fourth-order valence-corrected chi connectivity index (χ4v) is 3.75. The molecule has 0 atom stereocenters. The van der Waals surface area contributed by atoms with Crippen molar-refractivity contribution in [2.45, 2.75) is 57.3 Å². The molecular weight excluding hydrogens is 354 g/mol. The van der Waals surface area contributed by atoms with Gasteiger partial charge in [-0.1, -0.05) is 44.1 Å². The van der Waals surface area contributed by atoms with Crippen LogP contribution in [0, 0.1) is 17.6 Å². The lowest BCUT2D eigenvalue weighted by Gasteiger charge is -2.32. The van der Waals surface area contributed by atoms with Gasteiger partial charge in [-0.3, -0.25) is 0 Å². The van der Waals surface area contributed by atoms with Crippen LogP contribution in [-0.2, 0) is 0 Å². The van der Waals surface area contributed by atoms with Crippen LogP contribution in [0.2, 0.25) is 0 Å². The fourth-order valence-electron chi connectivity index (χ4n) is 3.75. The highest BCUT2D eigenvalue weighted by Gasteiger charge is 2.61. The number of allylic oxidation sites excluding steroid dienone is 4. The molecule has 142 valence electrons. The van der Waals surface area contributed by atoms with Gasteiger partial charge < -0.3 is 0 Å². The number of rotatable bonds is 2. The Morgan fingerprint density at radius 3 is 2.08 bits per heavy atom. The minimum atomic E-state index is -4.61. The zero-order chi connectivity index (χ0) is 19.3. The molecule has 1 aromatic rings. The number of benzene rings is 1. The average Bonchev–Trinajstić information content (AvgIpc) is 2.58. The van der Waals surface area contributed by atoms with Gasteiger partial charge in [-0.05, 0) is 37.2 Å². The van der Waals surface area contributed by atoms with Crippen molar-refractivity contribution >= 4 is 5.57 Å². The Morgan fingerprint density at radius 2 is 1.46 bits per heavy atom. The molecule has 1 fully saturated rings. The van der Waals surface area contributed by atoms with Gasteiger partial charge in [-0.25, -0.2) is 8.78 Å². The number of hydrogen-bond donors (Lipinski definition) is 0. The van der Waals surface area contributed by atoms with Crippen molar-refractivity contribution in [1.29, 1.82) is 0 Å². The maximum absolute atomic E-state index is 14.6. The van der Waals surface area contributed by atoms with E-state index in [-0.39, 0.29) is 11.5 Å². The Balaban J connectivity index is 2.01. The minimum Gasteiger partial charge on any atom is -0.203 e. The third-order valence-electron chi connectivity index (χ3n) is 5.59. The SMILES string of the molecule is CC1=CC=C(c2ccc(C3CCC(C)CC3)c(F)c2F)C(F)(F)C1(F)F. The molecule has 2 aliphatic carbocycles. The van der Waals surface area contributed by atoms with E-state index in [4.69, 9.17) is 0 Å². The first kappa shape index (κ1) is 19.1. The summed E-state index contributed by atoms with van der Waals surface area (Å²) in [6.45, 7) is 2.97. The lowest BCUT2D eigenvalue weighted by atomic mass is 9.78. The second kappa shape index (κ2) is 6.46. The number of hydrogen-bond acceptors (Lipinski definition) is 0. The molecular formula is C20H20F6. The number of alkyl halides is 4. The molecule has 0 heterocycles. The predicted octanol–water partition coefficient (Wildman–Crippen LogP) is 6.87. The Labute approximate surface area is 148 Å². The maximum Gasteiger partial charge on any atom is 0.340 e. The normalized spacial score (nSPS) is 27.7. The smallest absolute Gasteiger partial charge is 0.203 e. The van der Waals surface area contributed by atoms with Gasteiger partial charge in [0.1, 0.15) is 0 Å². The first-order chi connectivity index (χ1) is 12.1. The molecule has 26 heavy (non-hydrogen) atoms. The van der Waals surface area contributed by atoms with Crippen LogP contribution in [0.15, 0.2) is 29.9 Å². The van der Waals surface area contributed by atoms with Crippen molar-refractivity contribution in [3.05, 3.63) is 52.6 Å². The van der Waals surface area contributed by atoms with E-state index in [2.05, 4.69) is 6.92 Å². The Hall–Kier alpha value is -1.72. The first-order valence-electron chi connectivity index (χ1n) is 8.70. The summed E-state index contributed by atoms with van der Waals surface area (Å²) in [4.78, 5) is 0. The summed E-state index contributed by atoms with van der Waals surface area (Å²) >= 11 is 0. The van der Waals surface area contributed by atoms with E-state index in [9.17, 15) is 26.3 Å². The third kappa shape index (κ3) is 2.87. The van der Waals surface area contributed by atoms with Crippen LogP contribution < -0.4 is 0 Å². The zero-order valence-electron chi connectivity index (χ0n) is 14.6. The van der Waals surface area contributed by atoms with Gasteiger partial charge in [0.2, 0.25) is 0 Å². The molecule has 1 aromatic carbocycles. The molecule has 0 spiro atoms. The van der Waals surface area contributed by atoms with Crippen molar-refractivity contribution in [2.24, 2.45) is 5.92 Å². The Morgan fingerprint density at radius 1 is 0.846 bits per heavy atom. The van der Waals surface area contributed by atoms with E-state index >= 15 is 0 Å². The fraction of sp³-hybridized carbons (Fsp3) is 0.500. The quantitative estimate of drug-likeness (QED) is 0.496. The van der Waals surface area contributed by atoms with E-state index in [1.807, 2.05) is 0 Å². The monoisotopic (exact) mass is 374 g/mol. The number of halogens is 6. The van der Waals surface area contributed by atoms with Crippen molar-refractivity contribution in [1.82, 2.24) is 0 Å².